The predicted molar refractivity (Wildman–Crippen MR) is 110 cm³/mol. The van der Waals surface area contributed by atoms with Crippen LogP contribution in [0.3, 0.4) is 0 Å². The highest BCUT2D eigenvalue weighted by Crippen LogP contribution is 2.20. The van der Waals surface area contributed by atoms with Gasteiger partial charge in [0.2, 0.25) is 0 Å². The number of imidazole rings is 1. The van der Waals surface area contributed by atoms with Crippen LogP contribution < -0.4 is 21.9 Å². The molecule has 29 heavy (non-hydrogen) atoms. The number of aromatic amines is 1. The van der Waals surface area contributed by atoms with Gasteiger partial charge in [0.15, 0.2) is 5.69 Å². The molecule has 0 bridgehead atoms. The van der Waals surface area contributed by atoms with E-state index < -0.39 is 17.2 Å². The fraction of sp³-hybridized carbons (Fsp3) is 0.368. The summed E-state index contributed by atoms with van der Waals surface area (Å²) in [4.78, 5) is 45.8. The van der Waals surface area contributed by atoms with Crippen LogP contribution in [0.5, 0.6) is 0 Å². The lowest BCUT2D eigenvalue weighted by atomic mass is 10.3. The Morgan fingerprint density at radius 3 is 2.76 bits per heavy atom. The number of hydrogen-bond acceptors (Lipinski definition) is 6. The second kappa shape index (κ2) is 8.31. The highest BCUT2D eigenvalue weighted by atomic mass is 16.5. The number of carbonyl (C=O) groups is 1. The van der Waals surface area contributed by atoms with Gasteiger partial charge in [-0.2, -0.15) is 0 Å². The van der Waals surface area contributed by atoms with Crippen molar-refractivity contribution in [2.24, 2.45) is 0 Å². The van der Waals surface area contributed by atoms with E-state index in [0.717, 1.165) is 5.69 Å². The Balaban J connectivity index is 2.14. The van der Waals surface area contributed by atoms with Gasteiger partial charge in [0.05, 0.1) is 6.61 Å². The number of anilines is 2. The van der Waals surface area contributed by atoms with Crippen LogP contribution in [0.2, 0.25) is 0 Å². The Kier molecular flexibility index (Phi) is 5.83. The van der Waals surface area contributed by atoms with E-state index in [1.807, 2.05) is 26.0 Å². The number of fused-ring (bicyclic) bond motifs is 1. The van der Waals surface area contributed by atoms with Gasteiger partial charge in [0, 0.05) is 32.1 Å². The zero-order valence-electron chi connectivity index (χ0n) is 16.6. The van der Waals surface area contributed by atoms with Gasteiger partial charge in [0.25, 0.3) is 11.5 Å². The van der Waals surface area contributed by atoms with Crippen molar-refractivity contribution >= 4 is 23.1 Å². The predicted octanol–water partition coefficient (Wildman–Crippen LogP) is 0.778. The number of nitrogen functional groups attached to an aromatic ring is 1. The van der Waals surface area contributed by atoms with Gasteiger partial charge in [0.1, 0.15) is 17.2 Å². The molecule has 0 aliphatic rings. The van der Waals surface area contributed by atoms with Crippen LogP contribution in [0.25, 0.3) is 5.65 Å². The number of pyridine rings is 1. The Hall–Kier alpha value is -3.40. The van der Waals surface area contributed by atoms with Crippen LogP contribution >= 0.6 is 0 Å². The molecule has 0 unspecified atom stereocenters. The molecule has 0 aliphatic carbocycles. The van der Waals surface area contributed by atoms with Gasteiger partial charge in [-0.15, -0.1) is 0 Å². The average Bonchev–Trinajstić information content (AvgIpc) is 3.13. The Morgan fingerprint density at radius 2 is 2.10 bits per heavy atom. The molecule has 3 aromatic heterocycles. The van der Waals surface area contributed by atoms with Crippen molar-refractivity contribution in [1.82, 2.24) is 18.9 Å². The number of aromatic nitrogens is 4. The molecule has 3 heterocycles. The van der Waals surface area contributed by atoms with E-state index in [1.165, 1.54) is 16.6 Å². The topological polar surface area (TPSA) is 128 Å². The molecule has 1 amide bonds. The first-order valence-corrected chi connectivity index (χ1v) is 9.27. The standard InChI is InChI=1S/C19H24N6O4/c1-4-8-24-16(20)15(17(26)22-19(24)28)23(9-10-29-3)18(27)13-11-25-12(2)6-5-7-14(25)21-13/h5-7,11H,4,8-10,20H2,1-3H3,(H,22,26,28). The fourth-order valence-corrected chi connectivity index (χ4v) is 3.17. The zero-order valence-corrected chi connectivity index (χ0v) is 16.6. The van der Waals surface area contributed by atoms with E-state index in [0.29, 0.717) is 18.6 Å². The molecule has 3 N–H and O–H groups in total. The molecule has 0 fully saturated rings. The zero-order chi connectivity index (χ0) is 21.1. The second-order valence-corrected chi connectivity index (χ2v) is 6.62. The lowest BCUT2D eigenvalue weighted by Crippen LogP contribution is -2.42. The normalized spacial score (nSPS) is 11.1. The highest BCUT2D eigenvalue weighted by Gasteiger charge is 2.26. The first kappa shape index (κ1) is 20.3. The third-order valence-electron chi connectivity index (χ3n) is 4.61. The molecule has 0 saturated carbocycles. The van der Waals surface area contributed by atoms with Gasteiger partial charge in [-0.3, -0.25) is 24.0 Å². The lowest BCUT2D eigenvalue weighted by molar-refractivity contribution is 0.0971. The van der Waals surface area contributed by atoms with Crippen molar-refractivity contribution in [1.29, 1.82) is 0 Å². The minimum Gasteiger partial charge on any atom is -0.383 e. The number of ether oxygens (including phenoxy) is 1. The van der Waals surface area contributed by atoms with Crippen molar-refractivity contribution < 1.29 is 9.53 Å². The van der Waals surface area contributed by atoms with Crippen LogP contribution in [0.1, 0.15) is 29.5 Å². The maximum absolute atomic E-state index is 13.3. The molecule has 0 spiro atoms. The number of carbonyl (C=O) groups excluding carboxylic acids is 1. The molecule has 154 valence electrons. The van der Waals surface area contributed by atoms with Crippen molar-refractivity contribution in [3.05, 3.63) is 56.6 Å². The molecule has 3 aromatic rings. The minimum atomic E-state index is -0.732. The van der Waals surface area contributed by atoms with E-state index in [9.17, 15) is 14.4 Å². The smallest absolute Gasteiger partial charge is 0.330 e. The van der Waals surface area contributed by atoms with Crippen molar-refractivity contribution in [2.45, 2.75) is 26.8 Å². The quantitative estimate of drug-likeness (QED) is 0.603. The summed E-state index contributed by atoms with van der Waals surface area (Å²) < 4.78 is 8.13. The maximum atomic E-state index is 13.3. The number of nitrogens with one attached hydrogen (secondary N) is 1. The Bertz CT molecular complexity index is 1160. The summed E-state index contributed by atoms with van der Waals surface area (Å²) in [5.41, 5.74) is 6.38. The van der Waals surface area contributed by atoms with Gasteiger partial charge < -0.3 is 14.9 Å². The van der Waals surface area contributed by atoms with Crippen LogP contribution in [0.4, 0.5) is 11.5 Å². The highest BCUT2D eigenvalue weighted by molar-refractivity contribution is 6.06. The number of amides is 1. The molecule has 10 nitrogen and oxygen atoms in total. The largest absolute Gasteiger partial charge is 0.383 e. The summed E-state index contributed by atoms with van der Waals surface area (Å²) in [6, 6.07) is 5.53. The summed E-state index contributed by atoms with van der Waals surface area (Å²) in [6.45, 7) is 4.33. The van der Waals surface area contributed by atoms with Gasteiger partial charge in [-0.1, -0.05) is 13.0 Å². The van der Waals surface area contributed by atoms with Crippen molar-refractivity contribution in [2.75, 3.05) is 30.9 Å². The molecule has 0 radical (unpaired) electrons. The molecule has 0 atom stereocenters. The number of aryl methyl sites for hydroxylation is 1. The summed E-state index contributed by atoms with van der Waals surface area (Å²) in [5, 5.41) is 0. The van der Waals surface area contributed by atoms with E-state index in [1.54, 1.807) is 16.7 Å². The molecule has 10 heteroatoms. The maximum Gasteiger partial charge on any atom is 0.330 e. The number of hydrogen-bond donors (Lipinski definition) is 2. The first-order chi connectivity index (χ1) is 13.9. The van der Waals surface area contributed by atoms with E-state index >= 15 is 0 Å². The number of methoxy groups -OCH3 is 1. The lowest BCUT2D eigenvalue weighted by Gasteiger charge is -2.23. The summed E-state index contributed by atoms with van der Waals surface area (Å²) >= 11 is 0. The van der Waals surface area contributed by atoms with Crippen molar-refractivity contribution in [3.8, 4) is 0 Å². The molecule has 3 rings (SSSR count). The monoisotopic (exact) mass is 400 g/mol. The summed E-state index contributed by atoms with van der Waals surface area (Å²) in [7, 11) is 1.49. The molecule has 0 aliphatic heterocycles. The van der Waals surface area contributed by atoms with Crippen LogP contribution in [0, 0.1) is 6.92 Å². The van der Waals surface area contributed by atoms with Gasteiger partial charge in [-0.25, -0.2) is 9.78 Å². The van der Waals surface area contributed by atoms with Gasteiger partial charge >= 0.3 is 5.69 Å². The molecule has 0 saturated heterocycles. The number of nitrogens with zero attached hydrogens (tertiary/aromatic N) is 4. The Morgan fingerprint density at radius 1 is 1.34 bits per heavy atom. The van der Waals surface area contributed by atoms with Crippen LogP contribution in [-0.2, 0) is 11.3 Å². The fourth-order valence-electron chi connectivity index (χ4n) is 3.17. The minimum absolute atomic E-state index is 0.0648. The third-order valence-corrected chi connectivity index (χ3v) is 4.61. The van der Waals surface area contributed by atoms with Crippen LogP contribution in [-0.4, -0.2) is 45.1 Å². The van der Waals surface area contributed by atoms with Gasteiger partial charge in [-0.05, 0) is 25.5 Å². The molecular weight excluding hydrogens is 376 g/mol. The summed E-state index contributed by atoms with van der Waals surface area (Å²) in [6.07, 6.45) is 2.24. The van der Waals surface area contributed by atoms with Crippen LogP contribution in [0.15, 0.2) is 34.0 Å². The number of rotatable bonds is 7. The number of nitrogens with two attached hydrogens (primary N) is 1. The average molecular weight is 400 g/mol. The van der Waals surface area contributed by atoms with E-state index in [4.69, 9.17) is 10.5 Å². The third kappa shape index (κ3) is 3.79. The second-order valence-electron chi connectivity index (χ2n) is 6.62. The van der Waals surface area contributed by atoms with Crippen molar-refractivity contribution in [3.63, 3.8) is 0 Å². The molecular formula is C19H24N6O4. The first-order valence-electron chi connectivity index (χ1n) is 9.27. The Labute approximate surface area is 166 Å². The van der Waals surface area contributed by atoms with E-state index in [2.05, 4.69) is 9.97 Å². The SMILES string of the molecule is CCCn1c(N)c(N(CCOC)C(=O)c2cn3c(C)cccc3n2)c(=O)[nH]c1=O. The molecule has 0 aromatic carbocycles. The summed E-state index contributed by atoms with van der Waals surface area (Å²) in [5.74, 6) is -0.575. The number of H-pyrrole nitrogens is 1. The van der Waals surface area contributed by atoms with E-state index in [-0.39, 0.29) is 30.4 Å².